The summed E-state index contributed by atoms with van der Waals surface area (Å²) in [6, 6.07) is 14.7. The summed E-state index contributed by atoms with van der Waals surface area (Å²) in [7, 11) is 1.34. The van der Waals surface area contributed by atoms with Crippen molar-refractivity contribution >= 4 is 29.0 Å². The standard InChI is InChI=1S/C19H18N4O3S/c1-12-5-3-6-13(9-12)17-22-16(26-23-17)11-20-19(27)21-15-8-4-7-14(10-15)18(24)25-2/h3-10H,11H2,1-2H3,(H2,20,21,27). The summed E-state index contributed by atoms with van der Waals surface area (Å²) in [6.45, 7) is 2.28. The lowest BCUT2D eigenvalue weighted by Crippen LogP contribution is -2.28. The minimum absolute atomic E-state index is 0.279. The number of rotatable bonds is 5. The zero-order chi connectivity index (χ0) is 19.2. The van der Waals surface area contributed by atoms with E-state index in [0.29, 0.717) is 28.1 Å². The molecule has 0 amide bonds. The SMILES string of the molecule is COC(=O)c1cccc(NC(=S)NCc2nc(-c3cccc(C)c3)no2)c1. The fourth-order valence-corrected chi connectivity index (χ4v) is 2.59. The van der Waals surface area contributed by atoms with Gasteiger partial charge in [0.1, 0.15) is 0 Å². The van der Waals surface area contributed by atoms with Crippen molar-refractivity contribution in [3.05, 3.63) is 65.5 Å². The van der Waals surface area contributed by atoms with Crippen LogP contribution in [0, 0.1) is 6.92 Å². The maximum Gasteiger partial charge on any atom is 0.337 e. The molecule has 1 heterocycles. The molecule has 3 rings (SSSR count). The zero-order valence-corrected chi connectivity index (χ0v) is 15.7. The van der Waals surface area contributed by atoms with E-state index in [2.05, 4.69) is 20.8 Å². The van der Waals surface area contributed by atoms with Crippen molar-refractivity contribution < 1.29 is 14.1 Å². The van der Waals surface area contributed by atoms with Crippen molar-refractivity contribution in [3.63, 3.8) is 0 Å². The average molecular weight is 382 g/mol. The molecule has 8 heteroatoms. The van der Waals surface area contributed by atoms with E-state index in [9.17, 15) is 4.79 Å². The second-order valence-corrected chi connectivity index (χ2v) is 6.17. The van der Waals surface area contributed by atoms with Gasteiger partial charge in [-0.15, -0.1) is 0 Å². The van der Waals surface area contributed by atoms with Crippen molar-refractivity contribution in [1.29, 1.82) is 0 Å². The van der Waals surface area contributed by atoms with Crippen molar-refractivity contribution in [2.24, 2.45) is 0 Å². The summed E-state index contributed by atoms with van der Waals surface area (Å²) in [5.74, 6) is 0.534. The summed E-state index contributed by atoms with van der Waals surface area (Å²) in [4.78, 5) is 15.9. The predicted octanol–water partition coefficient (Wildman–Crippen LogP) is 3.32. The molecule has 0 aliphatic heterocycles. The van der Waals surface area contributed by atoms with Crippen LogP contribution in [0.15, 0.2) is 53.1 Å². The highest BCUT2D eigenvalue weighted by Gasteiger charge is 2.10. The van der Waals surface area contributed by atoms with Gasteiger partial charge in [-0.3, -0.25) is 0 Å². The molecule has 0 saturated carbocycles. The number of carbonyl (C=O) groups is 1. The van der Waals surface area contributed by atoms with Gasteiger partial charge in [-0.05, 0) is 43.4 Å². The third kappa shape index (κ3) is 4.89. The Hall–Kier alpha value is -3.26. The van der Waals surface area contributed by atoms with Crippen molar-refractivity contribution in [3.8, 4) is 11.4 Å². The number of carbonyl (C=O) groups excluding carboxylic acids is 1. The van der Waals surface area contributed by atoms with Gasteiger partial charge >= 0.3 is 5.97 Å². The third-order valence-corrected chi connectivity index (χ3v) is 3.93. The maximum atomic E-state index is 11.6. The molecule has 138 valence electrons. The molecule has 0 spiro atoms. The summed E-state index contributed by atoms with van der Waals surface area (Å²) in [5.41, 5.74) is 3.12. The Balaban J connectivity index is 1.58. The first-order valence-electron chi connectivity index (χ1n) is 8.18. The van der Waals surface area contributed by atoms with Crippen LogP contribution < -0.4 is 10.6 Å². The predicted molar refractivity (Wildman–Crippen MR) is 105 cm³/mol. The number of hydrogen-bond acceptors (Lipinski definition) is 6. The lowest BCUT2D eigenvalue weighted by molar-refractivity contribution is 0.0601. The number of nitrogens with one attached hydrogen (secondary N) is 2. The van der Waals surface area contributed by atoms with Crippen LogP contribution in [0.25, 0.3) is 11.4 Å². The quantitative estimate of drug-likeness (QED) is 0.513. The summed E-state index contributed by atoms with van der Waals surface area (Å²) >= 11 is 5.26. The molecule has 0 radical (unpaired) electrons. The molecule has 0 atom stereocenters. The molecule has 0 fully saturated rings. The number of esters is 1. The third-order valence-electron chi connectivity index (χ3n) is 3.69. The van der Waals surface area contributed by atoms with E-state index in [1.54, 1.807) is 24.3 Å². The molecule has 27 heavy (non-hydrogen) atoms. The molecule has 0 unspecified atom stereocenters. The van der Waals surface area contributed by atoms with Gasteiger partial charge in [0, 0.05) is 11.3 Å². The van der Waals surface area contributed by atoms with E-state index < -0.39 is 5.97 Å². The van der Waals surface area contributed by atoms with Gasteiger partial charge < -0.3 is 19.9 Å². The first-order valence-corrected chi connectivity index (χ1v) is 8.59. The van der Waals surface area contributed by atoms with Crippen LogP contribution in [-0.2, 0) is 11.3 Å². The second kappa shape index (κ2) is 8.41. The monoisotopic (exact) mass is 382 g/mol. The summed E-state index contributed by atoms with van der Waals surface area (Å²) in [6.07, 6.45) is 0. The highest BCUT2D eigenvalue weighted by Crippen LogP contribution is 2.17. The highest BCUT2D eigenvalue weighted by atomic mass is 32.1. The Kier molecular flexibility index (Phi) is 5.77. The zero-order valence-electron chi connectivity index (χ0n) is 14.9. The van der Waals surface area contributed by atoms with Crippen LogP contribution in [0.5, 0.6) is 0 Å². The van der Waals surface area contributed by atoms with E-state index in [0.717, 1.165) is 11.1 Å². The van der Waals surface area contributed by atoms with Crippen molar-refractivity contribution in [2.45, 2.75) is 13.5 Å². The maximum absolute atomic E-state index is 11.6. The molecule has 1 aromatic heterocycles. The minimum atomic E-state index is -0.410. The first kappa shape index (κ1) is 18.5. The Bertz CT molecular complexity index is 971. The fraction of sp³-hybridized carbons (Fsp3) is 0.158. The average Bonchev–Trinajstić information content (AvgIpc) is 3.15. The van der Waals surface area contributed by atoms with Crippen molar-refractivity contribution in [2.75, 3.05) is 12.4 Å². The largest absolute Gasteiger partial charge is 0.465 e. The molecule has 0 saturated heterocycles. The van der Waals surface area contributed by atoms with Crippen molar-refractivity contribution in [1.82, 2.24) is 15.5 Å². The van der Waals surface area contributed by atoms with Crippen LogP contribution in [0.1, 0.15) is 21.8 Å². The number of anilines is 1. The number of nitrogens with zero attached hydrogens (tertiary/aromatic N) is 2. The summed E-state index contributed by atoms with van der Waals surface area (Å²) in [5, 5.41) is 10.4. The molecule has 2 aromatic carbocycles. The Morgan fingerprint density at radius 1 is 1.22 bits per heavy atom. The van der Waals surface area contributed by atoms with Crippen LogP contribution >= 0.6 is 12.2 Å². The van der Waals surface area contributed by atoms with Gasteiger partial charge in [-0.25, -0.2) is 4.79 Å². The van der Waals surface area contributed by atoms with Gasteiger partial charge in [0.25, 0.3) is 0 Å². The Morgan fingerprint density at radius 2 is 2.04 bits per heavy atom. The van der Waals surface area contributed by atoms with Gasteiger partial charge in [-0.2, -0.15) is 4.98 Å². The minimum Gasteiger partial charge on any atom is -0.465 e. The number of aryl methyl sites for hydroxylation is 1. The van der Waals surface area contributed by atoms with Gasteiger partial charge in [0.2, 0.25) is 11.7 Å². The van der Waals surface area contributed by atoms with E-state index in [1.165, 1.54) is 7.11 Å². The van der Waals surface area contributed by atoms with Crippen LogP contribution in [0.4, 0.5) is 5.69 Å². The van der Waals surface area contributed by atoms with Crippen LogP contribution in [0.2, 0.25) is 0 Å². The number of ether oxygens (including phenoxy) is 1. The molecule has 0 bridgehead atoms. The lowest BCUT2D eigenvalue weighted by Gasteiger charge is -2.09. The van der Waals surface area contributed by atoms with Gasteiger partial charge in [0.05, 0.1) is 19.2 Å². The number of thiocarbonyl (C=S) groups is 1. The molecule has 3 aromatic rings. The normalized spacial score (nSPS) is 10.3. The van der Waals surface area contributed by atoms with Gasteiger partial charge in [0.15, 0.2) is 5.11 Å². The number of hydrogen-bond donors (Lipinski definition) is 2. The molecular weight excluding hydrogens is 364 g/mol. The van der Waals surface area contributed by atoms with Gasteiger partial charge in [-0.1, -0.05) is 35.0 Å². The van der Waals surface area contributed by atoms with Crippen LogP contribution in [0.3, 0.4) is 0 Å². The lowest BCUT2D eigenvalue weighted by atomic mass is 10.1. The topological polar surface area (TPSA) is 89.3 Å². The second-order valence-electron chi connectivity index (χ2n) is 5.76. The van der Waals surface area contributed by atoms with E-state index >= 15 is 0 Å². The fourth-order valence-electron chi connectivity index (χ4n) is 2.40. The Labute approximate surface area is 161 Å². The van der Waals surface area contributed by atoms with E-state index in [4.69, 9.17) is 21.5 Å². The number of benzene rings is 2. The van der Waals surface area contributed by atoms with E-state index in [-0.39, 0.29) is 6.54 Å². The molecule has 2 N–H and O–H groups in total. The van der Waals surface area contributed by atoms with E-state index in [1.807, 2.05) is 31.2 Å². The van der Waals surface area contributed by atoms with Crippen LogP contribution in [-0.4, -0.2) is 28.3 Å². The number of aromatic nitrogens is 2. The molecular formula is C19H18N4O3S. The highest BCUT2D eigenvalue weighted by molar-refractivity contribution is 7.80. The first-order chi connectivity index (χ1) is 13.0. The Morgan fingerprint density at radius 3 is 2.81 bits per heavy atom. The molecule has 7 nitrogen and oxygen atoms in total. The summed E-state index contributed by atoms with van der Waals surface area (Å²) < 4.78 is 9.96. The molecule has 0 aliphatic carbocycles. The smallest absolute Gasteiger partial charge is 0.337 e. The molecule has 0 aliphatic rings. The number of methoxy groups -OCH3 is 1.